The molecule has 0 saturated heterocycles. The van der Waals surface area contributed by atoms with Gasteiger partial charge in [-0.2, -0.15) is 0 Å². The van der Waals surface area contributed by atoms with Crippen LogP contribution in [-0.4, -0.2) is 12.8 Å². The van der Waals surface area contributed by atoms with Gasteiger partial charge >= 0.3 is 0 Å². The van der Waals surface area contributed by atoms with Crippen LogP contribution in [0.2, 0.25) is 0 Å². The predicted octanol–water partition coefficient (Wildman–Crippen LogP) is 1.31. The molecule has 70 valence electrons. The standard InChI is InChI=1S/C10H13NO2/c1-7(11)5-8-3-2-4-9-10(8)13-6-12-9/h2-4,7H,5-6,11H2,1H3/t7-/m0/s1. The molecule has 1 heterocycles. The molecule has 1 aliphatic rings. The van der Waals surface area contributed by atoms with Crippen molar-refractivity contribution >= 4 is 0 Å². The quantitative estimate of drug-likeness (QED) is 0.744. The van der Waals surface area contributed by atoms with E-state index in [1.807, 2.05) is 25.1 Å². The topological polar surface area (TPSA) is 44.5 Å². The Morgan fingerprint density at radius 1 is 1.46 bits per heavy atom. The van der Waals surface area contributed by atoms with E-state index >= 15 is 0 Å². The molecule has 2 rings (SSSR count). The highest BCUT2D eigenvalue weighted by atomic mass is 16.7. The maximum absolute atomic E-state index is 5.72. The number of fused-ring (bicyclic) bond motifs is 1. The van der Waals surface area contributed by atoms with Crippen LogP contribution in [0.4, 0.5) is 0 Å². The van der Waals surface area contributed by atoms with E-state index in [1.165, 1.54) is 0 Å². The Labute approximate surface area is 77.5 Å². The average Bonchev–Trinajstić information content (AvgIpc) is 2.51. The molecule has 3 heteroatoms. The summed E-state index contributed by atoms with van der Waals surface area (Å²) in [7, 11) is 0. The normalized spacial score (nSPS) is 15.8. The first-order valence-corrected chi connectivity index (χ1v) is 4.40. The van der Waals surface area contributed by atoms with Crippen LogP contribution in [0.3, 0.4) is 0 Å². The van der Waals surface area contributed by atoms with E-state index in [2.05, 4.69) is 0 Å². The molecule has 2 N–H and O–H groups in total. The van der Waals surface area contributed by atoms with Gasteiger partial charge in [0, 0.05) is 6.04 Å². The van der Waals surface area contributed by atoms with Gasteiger partial charge in [0.15, 0.2) is 11.5 Å². The van der Waals surface area contributed by atoms with Crippen molar-refractivity contribution in [3.63, 3.8) is 0 Å². The van der Waals surface area contributed by atoms with E-state index in [9.17, 15) is 0 Å². The molecule has 3 nitrogen and oxygen atoms in total. The number of hydrogen-bond donors (Lipinski definition) is 1. The molecular weight excluding hydrogens is 166 g/mol. The molecule has 0 unspecified atom stereocenters. The van der Waals surface area contributed by atoms with Crippen LogP contribution in [0, 0.1) is 0 Å². The summed E-state index contributed by atoms with van der Waals surface area (Å²) in [5.41, 5.74) is 6.85. The summed E-state index contributed by atoms with van der Waals surface area (Å²) in [5, 5.41) is 0. The fourth-order valence-electron chi connectivity index (χ4n) is 1.50. The summed E-state index contributed by atoms with van der Waals surface area (Å²) in [5.74, 6) is 1.69. The summed E-state index contributed by atoms with van der Waals surface area (Å²) in [6, 6.07) is 6.05. The Bertz CT molecular complexity index is 310. The van der Waals surface area contributed by atoms with Crippen molar-refractivity contribution in [2.24, 2.45) is 5.73 Å². The fraction of sp³-hybridized carbons (Fsp3) is 0.400. The summed E-state index contributed by atoms with van der Waals surface area (Å²) in [6.45, 7) is 2.31. The minimum absolute atomic E-state index is 0.149. The van der Waals surface area contributed by atoms with Gasteiger partial charge in [-0.15, -0.1) is 0 Å². The Kier molecular flexibility index (Phi) is 2.10. The fourth-order valence-corrected chi connectivity index (χ4v) is 1.50. The van der Waals surface area contributed by atoms with E-state index in [0.29, 0.717) is 6.79 Å². The van der Waals surface area contributed by atoms with Gasteiger partial charge in [0.1, 0.15) is 0 Å². The van der Waals surface area contributed by atoms with E-state index < -0.39 is 0 Å². The van der Waals surface area contributed by atoms with Crippen molar-refractivity contribution in [3.8, 4) is 11.5 Å². The Hall–Kier alpha value is -1.22. The van der Waals surface area contributed by atoms with Crippen molar-refractivity contribution in [2.45, 2.75) is 19.4 Å². The lowest BCUT2D eigenvalue weighted by atomic mass is 10.1. The summed E-state index contributed by atoms with van der Waals surface area (Å²) >= 11 is 0. The third-order valence-corrected chi connectivity index (χ3v) is 2.02. The lowest BCUT2D eigenvalue weighted by Gasteiger charge is -2.07. The first kappa shape index (κ1) is 8.38. The largest absolute Gasteiger partial charge is 0.454 e. The maximum Gasteiger partial charge on any atom is 0.231 e. The minimum atomic E-state index is 0.149. The molecule has 1 aromatic carbocycles. The first-order valence-electron chi connectivity index (χ1n) is 4.40. The lowest BCUT2D eigenvalue weighted by Crippen LogP contribution is -2.17. The molecule has 0 saturated carbocycles. The molecular formula is C10H13NO2. The molecule has 1 aliphatic heterocycles. The van der Waals surface area contributed by atoms with Gasteiger partial charge < -0.3 is 15.2 Å². The van der Waals surface area contributed by atoms with Gasteiger partial charge in [-0.05, 0) is 25.0 Å². The Morgan fingerprint density at radius 3 is 3.08 bits per heavy atom. The molecule has 0 aliphatic carbocycles. The van der Waals surface area contributed by atoms with Gasteiger partial charge in [0.05, 0.1) is 0 Å². The van der Waals surface area contributed by atoms with Crippen LogP contribution in [0.15, 0.2) is 18.2 Å². The van der Waals surface area contributed by atoms with E-state index in [0.717, 1.165) is 23.5 Å². The van der Waals surface area contributed by atoms with E-state index in [4.69, 9.17) is 15.2 Å². The van der Waals surface area contributed by atoms with Crippen LogP contribution in [-0.2, 0) is 6.42 Å². The molecule has 0 amide bonds. The summed E-state index contributed by atoms with van der Waals surface area (Å²) < 4.78 is 10.6. The predicted molar refractivity (Wildman–Crippen MR) is 49.9 cm³/mol. The second-order valence-corrected chi connectivity index (χ2v) is 3.33. The van der Waals surface area contributed by atoms with Gasteiger partial charge in [0.2, 0.25) is 6.79 Å². The molecule has 13 heavy (non-hydrogen) atoms. The monoisotopic (exact) mass is 179 g/mol. The van der Waals surface area contributed by atoms with Gasteiger partial charge in [-0.25, -0.2) is 0 Å². The molecule has 1 atom stereocenters. The molecule has 0 aromatic heterocycles. The molecule has 0 radical (unpaired) electrons. The zero-order valence-corrected chi connectivity index (χ0v) is 7.62. The number of benzene rings is 1. The third kappa shape index (κ3) is 1.60. The molecule has 1 aromatic rings. The second kappa shape index (κ2) is 3.26. The van der Waals surface area contributed by atoms with Crippen LogP contribution in [0.25, 0.3) is 0 Å². The Morgan fingerprint density at radius 2 is 2.31 bits per heavy atom. The highest BCUT2D eigenvalue weighted by molar-refractivity contribution is 5.48. The van der Waals surface area contributed by atoms with Crippen LogP contribution >= 0.6 is 0 Å². The number of nitrogens with two attached hydrogens (primary N) is 1. The number of ether oxygens (including phenoxy) is 2. The van der Waals surface area contributed by atoms with Gasteiger partial charge in [0.25, 0.3) is 0 Å². The molecule has 0 bridgehead atoms. The van der Waals surface area contributed by atoms with E-state index in [-0.39, 0.29) is 6.04 Å². The number of hydrogen-bond acceptors (Lipinski definition) is 3. The van der Waals surface area contributed by atoms with Crippen molar-refractivity contribution in [3.05, 3.63) is 23.8 Å². The zero-order chi connectivity index (χ0) is 9.26. The van der Waals surface area contributed by atoms with Gasteiger partial charge in [-0.1, -0.05) is 12.1 Å². The second-order valence-electron chi connectivity index (χ2n) is 3.33. The maximum atomic E-state index is 5.72. The first-order chi connectivity index (χ1) is 6.27. The van der Waals surface area contributed by atoms with Crippen molar-refractivity contribution in [2.75, 3.05) is 6.79 Å². The molecule has 0 spiro atoms. The number of rotatable bonds is 2. The SMILES string of the molecule is C[C@H](N)Cc1cccc2c1OCO2. The van der Waals surface area contributed by atoms with Crippen LogP contribution in [0.5, 0.6) is 11.5 Å². The zero-order valence-electron chi connectivity index (χ0n) is 7.62. The van der Waals surface area contributed by atoms with Gasteiger partial charge in [-0.3, -0.25) is 0 Å². The highest BCUT2D eigenvalue weighted by Gasteiger charge is 2.17. The average molecular weight is 179 g/mol. The summed E-state index contributed by atoms with van der Waals surface area (Å²) in [6.07, 6.45) is 0.826. The van der Waals surface area contributed by atoms with Crippen LogP contribution in [0.1, 0.15) is 12.5 Å². The smallest absolute Gasteiger partial charge is 0.231 e. The van der Waals surface area contributed by atoms with E-state index in [1.54, 1.807) is 0 Å². The number of para-hydroxylation sites is 1. The van der Waals surface area contributed by atoms with Crippen LogP contribution < -0.4 is 15.2 Å². The highest BCUT2D eigenvalue weighted by Crippen LogP contribution is 2.35. The van der Waals surface area contributed by atoms with Crippen molar-refractivity contribution < 1.29 is 9.47 Å². The molecule has 0 fully saturated rings. The third-order valence-electron chi connectivity index (χ3n) is 2.02. The van der Waals surface area contributed by atoms with Crippen molar-refractivity contribution in [1.29, 1.82) is 0 Å². The van der Waals surface area contributed by atoms with Crippen molar-refractivity contribution in [1.82, 2.24) is 0 Å². The summed E-state index contributed by atoms with van der Waals surface area (Å²) in [4.78, 5) is 0. The minimum Gasteiger partial charge on any atom is -0.454 e. The Balaban J connectivity index is 2.30. The lowest BCUT2D eigenvalue weighted by molar-refractivity contribution is 0.173.